The van der Waals surface area contributed by atoms with Gasteiger partial charge in [-0.2, -0.15) is 0 Å². The lowest BCUT2D eigenvalue weighted by atomic mass is 10.2. The predicted molar refractivity (Wildman–Crippen MR) is 91.4 cm³/mol. The van der Waals surface area contributed by atoms with E-state index in [-0.39, 0.29) is 12.5 Å². The molecule has 0 aromatic carbocycles. The average molecular weight is 347 g/mol. The number of carbonyl (C=O) groups excluding carboxylic acids is 1. The molecule has 0 unspecified atom stereocenters. The lowest BCUT2D eigenvalue weighted by Gasteiger charge is -2.18. The van der Waals surface area contributed by atoms with Crippen molar-refractivity contribution in [3.8, 4) is 0 Å². The topological polar surface area (TPSA) is 58.4 Å². The van der Waals surface area contributed by atoms with Crippen LogP contribution in [0.3, 0.4) is 0 Å². The number of thiophene rings is 2. The normalized spacial score (nSPS) is 12.3. The minimum atomic E-state index is -0.805. The van der Waals surface area contributed by atoms with E-state index < -0.39 is 6.10 Å². The highest BCUT2D eigenvalue weighted by molar-refractivity contribution is 7.10. The second-order valence-electron chi connectivity index (χ2n) is 5.16. The Morgan fingerprint density at radius 1 is 1.35 bits per heavy atom. The molecule has 23 heavy (non-hydrogen) atoms. The first kappa shape index (κ1) is 15.9. The molecule has 5 nitrogen and oxygen atoms in total. The number of imidazole rings is 1. The minimum Gasteiger partial charge on any atom is -0.380 e. The zero-order valence-corrected chi connectivity index (χ0v) is 14.3. The number of hydrogen-bond acceptors (Lipinski definition) is 5. The van der Waals surface area contributed by atoms with E-state index >= 15 is 0 Å². The monoisotopic (exact) mass is 347 g/mol. The molecular formula is C16H17N3O2S2. The molecule has 3 aromatic rings. The van der Waals surface area contributed by atoms with Crippen LogP contribution in [0.15, 0.2) is 47.4 Å². The molecule has 7 heteroatoms. The molecule has 3 rings (SSSR count). The summed E-state index contributed by atoms with van der Waals surface area (Å²) in [6, 6.07) is 7.73. The van der Waals surface area contributed by atoms with Crippen LogP contribution in [0, 0.1) is 0 Å². The maximum atomic E-state index is 12.4. The van der Waals surface area contributed by atoms with Gasteiger partial charge in [0.1, 0.15) is 18.5 Å². The number of nitrogens with zero attached hydrogens (tertiary/aromatic N) is 3. The summed E-state index contributed by atoms with van der Waals surface area (Å²) in [5, 5.41) is 14.3. The summed E-state index contributed by atoms with van der Waals surface area (Å²) in [4.78, 5) is 20.3. The van der Waals surface area contributed by atoms with Crippen LogP contribution in [-0.2, 0) is 17.9 Å². The van der Waals surface area contributed by atoms with Gasteiger partial charge in [-0.25, -0.2) is 4.98 Å². The zero-order valence-electron chi connectivity index (χ0n) is 12.6. The van der Waals surface area contributed by atoms with E-state index in [1.807, 2.05) is 35.0 Å². The fourth-order valence-electron chi connectivity index (χ4n) is 2.27. The van der Waals surface area contributed by atoms with Crippen LogP contribution in [-0.4, -0.2) is 32.5 Å². The molecule has 0 fully saturated rings. The second kappa shape index (κ2) is 7.08. The highest BCUT2D eigenvalue weighted by Gasteiger charge is 2.19. The Bertz CT molecular complexity index is 750. The van der Waals surface area contributed by atoms with Gasteiger partial charge in [-0.05, 0) is 22.9 Å². The van der Waals surface area contributed by atoms with Crippen LogP contribution in [0.2, 0.25) is 0 Å². The van der Waals surface area contributed by atoms with Crippen molar-refractivity contribution < 1.29 is 9.90 Å². The summed E-state index contributed by atoms with van der Waals surface area (Å²) >= 11 is 3.10. The highest BCUT2D eigenvalue weighted by atomic mass is 32.1. The van der Waals surface area contributed by atoms with Gasteiger partial charge < -0.3 is 14.6 Å². The molecule has 1 N–H and O–H groups in total. The number of aliphatic hydroxyl groups excluding tert-OH is 1. The molecule has 0 saturated carbocycles. The molecule has 120 valence electrons. The Hall–Kier alpha value is -1.96. The Morgan fingerprint density at radius 3 is 2.83 bits per heavy atom. The average Bonchev–Trinajstić information content (AvgIpc) is 3.29. The van der Waals surface area contributed by atoms with Crippen LogP contribution < -0.4 is 0 Å². The van der Waals surface area contributed by atoms with Crippen LogP contribution in [0.1, 0.15) is 21.7 Å². The van der Waals surface area contributed by atoms with Gasteiger partial charge in [-0.15, -0.1) is 22.7 Å². The van der Waals surface area contributed by atoms with Crippen molar-refractivity contribution in [3.63, 3.8) is 0 Å². The fraction of sp³-hybridized carbons (Fsp3) is 0.250. The predicted octanol–water partition coefficient (Wildman–Crippen LogP) is 2.75. The molecule has 0 aliphatic heterocycles. The van der Waals surface area contributed by atoms with Crippen molar-refractivity contribution >= 4 is 28.6 Å². The summed E-state index contributed by atoms with van der Waals surface area (Å²) in [7, 11) is 1.79. The number of carbonyl (C=O) groups is 1. The molecule has 0 aliphatic rings. The van der Waals surface area contributed by atoms with E-state index in [0.29, 0.717) is 12.4 Å². The van der Waals surface area contributed by atoms with Crippen LogP contribution in [0.4, 0.5) is 0 Å². The number of likely N-dealkylation sites (N-methyl/N-ethyl adjacent to an activating group) is 1. The molecule has 1 amide bonds. The van der Waals surface area contributed by atoms with Crippen molar-refractivity contribution in [3.05, 3.63) is 63.0 Å². The summed E-state index contributed by atoms with van der Waals surface area (Å²) in [5.41, 5.74) is 0. The van der Waals surface area contributed by atoms with E-state index in [1.165, 1.54) is 11.3 Å². The zero-order chi connectivity index (χ0) is 16.2. The van der Waals surface area contributed by atoms with E-state index in [1.54, 1.807) is 40.2 Å². The molecular weight excluding hydrogens is 330 g/mol. The largest absolute Gasteiger partial charge is 0.380 e. The van der Waals surface area contributed by atoms with Crippen molar-refractivity contribution in [1.82, 2.24) is 14.5 Å². The van der Waals surface area contributed by atoms with Crippen molar-refractivity contribution in [2.75, 3.05) is 7.05 Å². The maximum Gasteiger partial charge on any atom is 0.242 e. The molecule has 1 atom stereocenters. The SMILES string of the molecule is CN(Cc1cccs1)C(=O)Cn1ccnc1[C@H](O)c1cccs1. The minimum absolute atomic E-state index is 0.0176. The number of hydrogen-bond donors (Lipinski definition) is 1. The first-order chi connectivity index (χ1) is 11.1. The number of aromatic nitrogens is 2. The van der Waals surface area contributed by atoms with Gasteiger partial charge in [-0.3, -0.25) is 4.79 Å². The standard InChI is InChI=1S/C16H17N3O2S2/c1-18(10-12-4-2-8-22-12)14(20)11-19-7-6-17-16(19)15(21)13-5-3-9-23-13/h2-9,15,21H,10-11H2,1H3/t15-/m1/s1. The quantitative estimate of drug-likeness (QED) is 0.746. The molecule has 0 spiro atoms. The fourth-order valence-corrected chi connectivity index (χ4v) is 3.73. The van der Waals surface area contributed by atoms with Crippen LogP contribution in [0.5, 0.6) is 0 Å². The molecule has 0 aliphatic carbocycles. The summed E-state index contributed by atoms with van der Waals surface area (Å²) in [6.07, 6.45) is 2.53. The third-order valence-corrected chi connectivity index (χ3v) is 5.30. The Balaban J connectivity index is 1.68. The van der Waals surface area contributed by atoms with Crippen molar-refractivity contribution in [2.24, 2.45) is 0 Å². The van der Waals surface area contributed by atoms with Crippen molar-refractivity contribution in [1.29, 1.82) is 0 Å². The number of amides is 1. The molecule has 0 bridgehead atoms. The Labute approximate surface area is 142 Å². The lowest BCUT2D eigenvalue weighted by molar-refractivity contribution is -0.131. The third-order valence-electron chi connectivity index (χ3n) is 3.51. The van der Waals surface area contributed by atoms with Gasteiger partial charge in [0.05, 0.1) is 6.54 Å². The molecule has 3 aromatic heterocycles. The van der Waals surface area contributed by atoms with Crippen LogP contribution >= 0.6 is 22.7 Å². The van der Waals surface area contributed by atoms with E-state index in [4.69, 9.17) is 0 Å². The number of aliphatic hydroxyl groups is 1. The van der Waals surface area contributed by atoms with Crippen molar-refractivity contribution in [2.45, 2.75) is 19.2 Å². The number of rotatable bonds is 6. The van der Waals surface area contributed by atoms with Gasteiger partial charge in [0.15, 0.2) is 0 Å². The van der Waals surface area contributed by atoms with Crippen LogP contribution in [0.25, 0.3) is 0 Å². The van der Waals surface area contributed by atoms with E-state index in [2.05, 4.69) is 4.98 Å². The Morgan fingerprint density at radius 2 is 2.13 bits per heavy atom. The molecule has 0 radical (unpaired) electrons. The van der Waals surface area contributed by atoms with Gasteiger partial charge in [0.2, 0.25) is 5.91 Å². The first-order valence-electron chi connectivity index (χ1n) is 7.14. The van der Waals surface area contributed by atoms with Gasteiger partial charge in [0, 0.05) is 29.2 Å². The first-order valence-corrected chi connectivity index (χ1v) is 8.90. The highest BCUT2D eigenvalue weighted by Crippen LogP contribution is 2.24. The molecule has 3 heterocycles. The maximum absolute atomic E-state index is 12.4. The molecule has 0 saturated heterocycles. The van der Waals surface area contributed by atoms with Gasteiger partial charge in [0.25, 0.3) is 0 Å². The van der Waals surface area contributed by atoms with E-state index in [9.17, 15) is 9.90 Å². The van der Waals surface area contributed by atoms with E-state index in [0.717, 1.165) is 9.75 Å². The van der Waals surface area contributed by atoms with Gasteiger partial charge in [-0.1, -0.05) is 12.1 Å². The summed E-state index contributed by atoms with van der Waals surface area (Å²) in [5.74, 6) is 0.473. The Kier molecular flexibility index (Phi) is 4.90. The lowest BCUT2D eigenvalue weighted by Crippen LogP contribution is -2.30. The van der Waals surface area contributed by atoms with Gasteiger partial charge >= 0.3 is 0 Å². The smallest absolute Gasteiger partial charge is 0.242 e. The summed E-state index contributed by atoms with van der Waals surface area (Å²) in [6.45, 7) is 0.758. The third kappa shape index (κ3) is 3.69. The second-order valence-corrected chi connectivity index (χ2v) is 7.17. The summed E-state index contributed by atoms with van der Waals surface area (Å²) < 4.78 is 1.71.